The van der Waals surface area contributed by atoms with Crippen molar-refractivity contribution in [2.24, 2.45) is 7.05 Å². The van der Waals surface area contributed by atoms with Crippen molar-refractivity contribution in [3.8, 4) is 5.75 Å². The fraction of sp³-hybridized carbons (Fsp3) is 0.316. The molecule has 130 valence electrons. The SMILES string of the molecule is Cc1cc(C)cc(OCCOC(=O)c2cnc3c(c2)c(C)nn3C)c1. The van der Waals surface area contributed by atoms with Crippen LogP contribution in [0, 0.1) is 20.8 Å². The molecule has 2 heterocycles. The topological polar surface area (TPSA) is 66.2 Å². The molecule has 6 heteroatoms. The van der Waals surface area contributed by atoms with Gasteiger partial charge in [0.1, 0.15) is 19.0 Å². The number of nitrogens with zero attached hydrogens (tertiary/aromatic N) is 3. The number of aryl methyl sites for hydroxylation is 4. The van der Waals surface area contributed by atoms with Gasteiger partial charge in [0.15, 0.2) is 5.65 Å². The normalized spacial score (nSPS) is 10.9. The number of hydrogen-bond acceptors (Lipinski definition) is 5. The van der Waals surface area contributed by atoms with Crippen molar-refractivity contribution >= 4 is 17.0 Å². The second kappa shape index (κ2) is 6.93. The summed E-state index contributed by atoms with van der Waals surface area (Å²) in [6.45, 7) is 6.40. The van der Waals surface area contributed by atoms with E-state index >= 15 is 0 Å². The van der Waals surface area contributed by atoms with Crippen LogP contribution in [-0.4, -0.2) is 33.9 Å². The number of hydrogen-bond donors (Lipinski definition) is 0. The molecule has 1 aromatic carbocycles. The first-order chi connectivity index (χ1) is 11.9. The molecule has 3 rings (SSSR count). The maximum Gasteiger partial charge on any atom is 0.339 e. The van der Waals surface area contributed by atoms with E-state index in [-0.39, 0.29) is 6.61 Å². The fourth-order valence-corrected chi connectivity index (χ4v) is 2.81. The summed E-state index contributed by atoms with van der Waals surface area (Å²) in [5, 5.41) is 5.15. The number of fused-ring (bicyclic) bond motifs is 1. The minimum absolute atomic E-state index is 0.176. The van der Waals surface area contributed by atoms with E-state index in [1.165, 1.54) is 6.20 Å². The lowest BCUT2D eigenvalue weighted by Gasteiger charge is -2.09. The maximum atomic E-state index is 12.2. The lowest BCUT2D eigenvalue weighted by atomic mass is 10.1. The van der Waals surface area contributed by atoms with E-state index in [0.717, 1.165) is 33.6 Å². The molecule has 25 heavy (non-hydrogen) atoms. The third-order valence-corrected chi connectivity index (χ3v) is 3.88. The second-order valence-corrected chi connectivity index (χ2v) is 6.11. The molecule has 0 aliphatic carbocycles. The Hall–Kier alpha value is -2.89. The summed E-state index contributed by atoms with van der Waals surface area (Å²) in [6.07, 6.45) is 1.51. The third kappa shape index (κ3) is 3.79. The van der Waals surface area contributed by atoms with E-state index < -0.39 is 5.97 Å². The zero-order valence-electron chi connectivity index (χ0n) is 14.9. The van der Waals surface area contributed by atoms with Crippen LogP contribution in [0.2, 0.25) is 0 Å². The zero-order chi connectivity index (χ0) is 18.0. The maximum absolute atomic E-state index is 12.2. The Morgan fingerprint density at radius 3 is 2.52 bits per heavy atom. The minimum Gasteiger partial charge on any atom is -0.490 e. The van der Waals surface area contributed by atoms with Gasteiger partial charge in [-0.15, -0.1) is 0 Å². The Balaban J connectivity index is 1.58. The summed E-state index contributed by atoms with van der Waals surface area (Å²) < 4.78 is 12.6. The van der Waals surface area contributed by atoms with Gasteiger partial charge in [0.2, 0.25) is 0 Å². The Labute approximate surface area is 146 Å². The molecule has 3 aromatic rings. The van der Waals surface area contributed by atoms with Gasteiger partial charge in [0, 0.05) is 18.6 Å². The lowest BCUT2D eigenvalue weighted by molar-refractivity contribution is 0.0450. The first-order valence-corrected chi connectivity index (χ1v) is 8.11. The summed E-state index contributed by atoms with van der Waals surface area (Å²) >= 11 is 0. The van der Waals surface area contributed by atoms with E-state index in [9.17, 15) is 4.79 Å². The van der Waals surface area contributed by atoms with Crippen LogP contribution >= 0.6 is 0 Å². The fourth-order valence-electron chi connectivity index (χ4n) is 2.81. The lowest BCUT2D eigenvalue weighted by Crippen LogP contribution is -2.12. The molecular formula is C19H21N3O3. The Morgan fingerprint density at radius 1 is 1.08 bits per heavy atom. The molecule has 0 saturated heterocycles. The third-order valence-electron chi connectivity index (χ3n) is 3.88. The molecule has 0 unspecified atom stereocenters. The van der Waals surface area contributed by atoms with Crippen LogP contribution in [0.1, 0.15) is 27.2 Å². The molecule has 0 aliphatic rings. The number of esters is 1. The highest BCUT2D eigenvalue weighted by atomic mass is 16.6. The van der Waals surface area contributed by atoms with Crippen LogP contribution in [0.15, 0.2) is 30.5 Å². The highest BCUT2D eigenvalue weighted by Gasteiger charge is 2.12. The summed E-state index contributed by atoms with van der Waals surface area (Å²) in [5.74, 6) is 0.365. The van der Waals surface area contributed by atoms with Crippen LogP contribution in [-0.2, 0) is 11.8 Å². The van der Waals surface area contributed by atoms with Crippen molar-refractivity contribution in [1.29, 1.82) is 0 Å². The Morgan fingerprint density at radius 2 is 1.80 bits per heavy atom. The average Bonchev–Trinajstić information content (AvgIpc) is 2.84. The number of carbonyl (C=O) groups is 1. The summed E-state index contributed by atoms with van der Waals surface area (Å²) in [4.78, 5) is 16.5. The summed E-state index contributed by atoms with van der Waals surface area (Å²) in [7, 11) is 1.82. The van der Waals surface area contributed by atoms with E-state index in [4.69, 9.17) is 9.47 Å². The molecule has 0 aliphatic heterocycles. The Bertz CT molecular complexity index is 911. The standard InChI is InChI=1S/C19H21N3O3/c1-12-7-13(2)9-16(8-12)24-5-6-25-19(23)15-10-17-14(3)21-22(4)18(17)20-11-15/h7-11H,5-6H2,1-4H3. The number of rotatable bonds is 5. The van der Waals surface area contributed by atoms with Gasteiger partial charge < -0.3 is 9.47 Å². The van der Waals surface area contributed by atoms with Crippen molar-refractivity contribution < 1.29 is 14.3 Å². The highest BCUT2D eigenvalue weighted by Crippen LogP contribution is 2.18. The van der Waals surface area contributed by atoms with Gasteiger partial charge in [-0.05, 0) is 50.1 Å². The van der Waals surface area contributed by atoms with Crippen LogP contribution in [0.4, 0.5) is 0 Å². The number of pyridine rings is 1. The van der Waals surface area contributed by atoms with Crippen molar-refractivity contribution in [2.75, 3.05) is 13.2 Å². The van der Waals surface area contributed by atoms with E-state index in [1.807, 2.05) is 40.0 Å². The summed E-state index contributed by atoms with van der Waals surface area (Å²) in [6, 6.07) is 7.75. The minimum atomic E-state index is -0.415. The van der Waals surface area contributed by atoms with Gasteiger partial charge in [-0.3, -0.25) is 4.68 Å². The van der Waals surface area contributed by atoms with Crippen LogP contribution < -0.4 is 4.74 Å². The van der Waals surface area contributed by atoms with Crippen LogP contribution in [0.3, 0.4) is 0 Å². The Kier molecular flexibility index (Phi) is 4.70. The number of carbonyl (C=O) groups excluding carboxylic acids is 1. The number of ether oxygens (including phenoxy) is 2. The molecule has 0 bridgehead atoms. The largest absolute Gasteiger partial charge is 0.490 e. The highest BCUT2D eigenvalue weighted by molar-refractivity contribution is 5.93. The van der Waals surface area contributed by atoms with Gasteiger partial charge in [-0.25, -0.2) is 9.78 Å². The van der Waals surface area contributed by atoms with Crippen molar-refractivity contribution in [1.82, 2.24) is 14.8 Å². The molecule has 0 saturated carbocycles. The smallest absolute Gasteiger partial charge is 0.339 e. The predicted octanol–water partition coefficient (Wildman–Crippen LogP) is 3.13. The quantitative estimate of drug-likeness (QED) is 0.528. The van der Waals surface area contributed by atoms with Crippen molar-refractivity contribution in [3.63, 3.8) is 0 Å². The monoisotopic (exact) mass is 339 g/mol. The molecule has 2 aromatic heterocycles. The molecule has 0 atom stereocenters. The molecule has 0 amide bonds. The molecule has 0 N–H and O–H groups in total. The van der Waals surface area contributed by atoms with Gasteiger partial charge in [0.25, 0.3) is 0 Å². The first-order valence-electron chi connectivity index (χ1n) is 8.11. The number of aromatic nitrogens is 3. The zero-order valence-corrected chi connectivity index (χ0v) is 14.9. The van der Waals surface area contributed by atoms with E-state index in [1.54, 1.807) is 10.7 Å². The van der Waals surface area contributed by atoms with Gasteiger partial charge in [-0.2, -0.15) is 5.10 Å². The average molecular weight is 339 g/mol. The summed E-state index contributed by atoms with van der Waals surface area (Å²) in [5.41, 5.74) is 4.26. The van der Waals surface area contributed by atoms with Crippen LogP contribution in [0.5, 0.6) is 5.75 Å². The van der Waals surface area contributed by atoms with Crippen LogP contribution in [0.25, 0.3) is 11.0 Å². The first kappa shape index (κ1) is 17.0. The number of benzene rings is 1. The molecule has 6 nitrogen and oxygen atoms in total. The molecular weight excluding hydrogens is 318 g/mol. The molecule has 0 radical (unpaired) electrons. The van der Waals surface area contributed by atoms with Gasteiger partial charge in [-0.1, -0.05) is 6.07 Å². The van der Waals surface area contributed by atoms with Crippen molar-refractivity contribution in [2.45, 2.75) is 20.8 Å². The van der Waals surface area contributed by atoms with E-state index in [2.05, 4.69) is 16.1 Å². The van der Waals surface area contributed by atoms with E-state index in [0.29, 0.717) is 12.2 Å². The second-order valence-electron chi connectivity index (χ2n) is 6.11. The van der Waals surface area contributed by atoms with Gasteiger partial charge >= 0.3 is 5.97 Å². The van der Waals surface area contributed by atoms with Crippen molar-refractivity contribution in [3.05, 3.63) is 52.8 Å². The van der Waals surface area contributed by atoms with Gasteiger partial charge in [0.05, 0.1) is 11.3 Å². The predicted molar refractivity (Wildman–Crippen MR) is 94.9 cm³/mol. The molecule has 0 fully saturated rings. The molecule has 0 spiro atoms.